The van der Waals surface area contributed by atoms with Crippen LogP contribution in [-0.4, -0.2) is 9.55 Å². The molecule has 0 aliphatic heterocycles. The molecule has 0 unspecified atom stereocenters. The molecule has 0 saturated carbocycles. The summed E-state index contributed by atoms with van der Waals surface area (Å²) in [6.45, 7) is 0.139. The van der Waals surface area contributed by atoms with Crippen molar-refractivity contribution in [2.45, 2.75) is 6.54 Å². The van der Waals surface area contributed by atoms with E-state index in [2.05, 4.69) is 4.98 Å². The number of hydrogen-bond donors (Lipinski definition) is 1. The number of nitrogens with two attached hydrogens (primary N) is 1. The van der Waals surface area contributed by atoms with Crippen LogP contribution in [0.15, 0.2) is 24.5 Å². The highest BCUT2D eigenvalue weighted by molar-refractivity contribution is 5.23. The third-order valence-corrected chi connectivity index (χ3v) is 2.14. The van der Waals surface area contributed by atoms with E-state index in [-0.39, 0.29) is 18.1 Å². The fourth-order valence-corrected chi connectivity index (χ4v) is 1.37. The number of imidazole rings is 1. The van der Waals surface area contributed by atoms with Crippen molar-refractivity contribution in [2.24, 2.45) is 0 Å². The van der Waals surface area contributed by atoms with E-state index in [1.807, 2.05) is 0 Å². The summed E-state index contributed by atoms with van der Waals surface area (Å²) >= 11 is 0. The molecule has 0 bridgehead atoms. The van der Waals surface area contributed by atoms with Gasteiger partial charge in [-0.1, -0.05) is 0 Å². The van der Waals surface area contributed by atoms with E-state index < -0.39 is 17.5 Å². The van der Waals surface area contributed by atoms with Crippen molar-refractivity contribution in [1.29, 1.82) is 0 Å². The van der Waals surface area contributed by atoms with Gasteiger partial charge in [0, 0.05) is 12.4 Å². The number of benzene rings is 1. The van der Waals surface area contributed by atoms with Gasteiger partial charge in [0.1, 0.15) is 0 Å². The van der Waals surface area contributed by atoms with Crippen LogP contribution < -0.4 is 5.73 Å². The van der Waals surface area contributed by atoms with E-state index >= 15 is 0 Å². The number of nitrogens with zero attached hydrogens (tertiary/aromatic N) is 2. The van der Waals surface area contributed by atoms with Gasteiger partial charge >= 0.3 is 0 Å². The fraction of sp³-hybridized carbons (Fsp3) is 0.100. The van der Waals surface area contributed by atoms with Gasteiger partial charge in [0.15, 0.2) is 23.4 Å². The van der Waals surface area contributed by atoms with E-state index in [0.29, 0.717) is 0 Å². The van der Waals surface area contributed by atoms with E-state index in [9.17, 15) is 13.2 Å². The van der Waals surface area contributed by atoms with Crippen molar-refractivity contribution in [2.75, 3.05) is 5.73 Å². The lowest BCUT2D eigenvalue weighted by Gasteiger charge is -2.05. The molecule has 16 heavy (non-hydrogen) atoms. The second-order valence-electron chi connectivity index (χ2n) is 3.29. The summed E-state index contributed by atoms with van der Waals surface area (Å²) in [5, 5.41) is 0. The Balaban J connectivity index is 2.33. The minimum atomic E-state index is -1.47. The number of halogens is 3. The summed E-state index contributed by atoms with van der Waals surface area (Å²) in [5.74, 6) is -3.67. The molecule has 0 fully saturated rings. The van der Waals surface area contributed by atoms with Crippen LogP contribution in [0.4, 0.5) is 19.1 Å². The maximum Gasteiger partial charge on any atom is 0.200 e. The third kappa shape index (κ3) is 1.86. The van der Waals surface area contributed by atoms with E-state index in [1.54, 1.807) is 6.20 Å². The van der Waals surface area contributed by atoms with Crippen molar-refractivity contribution < 1.29 is 13.2 Å². The highest BCUT2D eigenvalue weighted by Crippen LogP contribution is 2.15. The average Bonchev–Trinajstić information content (AvgIpc) is 2.61. The van der Waals surface area contributed by atoms with Crippen LogP contribution in [0.25, 0.3) is 0 Å². The highest BCUT2D eigenvalue weighted by Gasteiger charge is 2.11. The van der Waals surface area contributed by atoms with Gasteiger partial charge in [0.2, 0.25) is 0 Å². The monoisotopic (exact) mass is 227 g/mol. The zero-order valence-corrected chi connectivity index (χ0v) is 8.12. The summed E-state index contributed by atoms with van der Waals surface area (Å²) in [4.78, 5) is 3.75. The molecule has 0 aliphatic carbocycles. The minimum Gasteiger partial charge on any atom is -0.369 e. The van der Waals surface area contributed by atoms with Crippen molar-refractivity contribution in [3.8, 4) is 0 Å². The van der Waals surface area contributed by atoms with Gasteiger partial charge in [-0.2, -0.15) is 0 Å². The van der Waals surface area contributed by atoms with Crippen LogP contribution in [0.1, 0.15) is 5.56 Å². The molecule has 0 radical (unpaired) electrons. The lowest BCUT2D eigenvalue weighted by Crippen LogP contribution is -2.05. The predicted octanol–water partition coefficient (Wildman–Crippen LogP) is 1.93. The van der Waals surface area contributed by atoms with Gasteiger partial charge in [-0.25, -0.2) is 18.2 Å². The largest absolute Gasteiger partial charge is 0.369 e. The Labute approximate surface area is 89.3 Å². The standard InChI is InChI=1S/C10H8F3N3/c11-7-3-6(4-8(12)9(7)13)5-16-2-1-15-10(16)14/h1-4H,5H2,(H2,14,15). The van der Waals surface area contributed by atoms with Crippen LogP contribution in [0, 0.1) is 17.5 Å². The van der Waals surface area contributed by atoms with E-state index in [1.165, 1.54) is 10.8 Å². The third-order valence-electron chi connectivity index (χ3n) is 2.14. The molecule has 1 aromatic heterocycles. The Kier molecular flexibility index (Phi) is 2.55. The molecule has 3 nitrogen and oxygen atoms in total. The number of nitrogen functional groups attached to an aromatic ring is 1. The molecule has 0 aliphatic rings. The molecule has 2 rings (SSSR count). The number of anilines is 1. The first kappa shape index (κ1) is 10.5. The second-order valence-corrected chi connectivity index (χ2v) is 3.29. The first-order valence-corrected chi connectivity index (χ1v) is 4.48. The molecule has 1 heterocycles. The summed E-state index contributed by atoms with van der Waals surface area (Å²) in [6, 6.07) is 1.86. The molecule has 84 valence electrons. The quantitative estimate of drug-likeness (QED) is 0.796. The van der Waals surface area contributed by atoms with Gasteiger partial charge in [-0.15, -0.1) is 0 Å². The molecule has 0 spiro atoms. The smallest absolute Gasteiger partial charge is 0.200 e. The summed E-state index contributed by atoms with van der Waals surface area (Å²) in [5.41, 5.74) is 5.76. The van der Waals surface area contributed by atoms with E-state index in [4.69, 9.17) is 5.73 Å². The summed E-state index contributed by atoms with van der Waals surface area (Å²) < 4.78 is 40.0. The lowest BCUT2D eigenvalue weighted by atomic mass is 10.2. The number of hydrogen-bond acceptors (Lipinski definition) is 2. The molecular weight excluding hydrogens is 219 g/mol. The first-order valence-electron chi connectivity index (χ1n) is 4.48. The molecule has 2 aromatic rings. The van der Waals surface area contributed by atoms with Crippen molar-refractivity contribution >= 4 is 5.95 Å². The van der Waals surface area contributed by atoms with Crippen molar-refractivity contribution in [1.82, 2.24) is 9.55 Å². The van der Waals surface area contributed by atoms with Crippen LogP contribution in [-0.2, 0) is 6.54 Å². The van der Waals surface area contributed by atoms with Crippen LogP contribution in [0.2, 0.25) is 0 Å². The molecule has 0 atom stereocenters. The van der Waals surface area contributed by atoms with Gasteiger partial charge < -0.3 is 10.3 Å². The van der Waals surface area contributed by atoms with Gasteiger partial charge in [0.05, 0.1) is 6.54 Å². The zero-order valence-electron chi connectivity index (χ0n) is 8.12. The van der Waals surface area contributed by atoms with Crippen molar-refractivity contribution in [3.63, 3.8) is 0 Å². The highest BCUT2D eigenvalue weighted by atomic mass is 19.2. The number of rotatable bonds is 2. The van der Waals surface area contributed by atoms with Crippen LogP contribution in [0.5, 0.6) is 0 Å². The molecule has 1 aromatic carbocycles. The average molecular weight is 227 g/mol. The van der Waals surface area contributed by atoms with Gasteiger partial charge in [0.25, 0.3) is 0 Å². The Morgan fingerprint density at radius 1 is 1.19 bits per heavy atom. The second kappa shape index (κ2) is 3.88. The lowest BCUT2D eigenvalue weighted by molar-refractivity contribution is 0.444. The van der Waals surface area contributed by atoms with E-state index in [0.717, 1.165) is 12.1 Å². The fourth-order valence-electron chi connectivity index (χ4n) is 1.37. The minimum absolute atomic E-state index is 0.139. The Morgan fingerprint density at radius 3 is 2.31 bits per heavy atom. The maximum atomic E-state index is 12.9. The Hall–Kier alpha value is -1.98. The van der Waals surface area contributed by atoms with Crippen molar-refractivity contribution in [3.05, 3.63) is 47.5 Å². The topological polar surface area (TPSA) is 43.8 Å². The Morgan fingerprint density at radius 2 is 1.81 bits per heavy atom. The van der Waals surface area contributed by atoms with Crippen LogP contribution >= 0.6 is 0 Å². The normalized spacial score (nSPS) is 10.7. The summed E-state index contributed by atoms with van der Waals surface area (Å²) in [7, 11) is 0. The van der Waals surface area contributed by atoms with Gasteiger partial charge in [-0.3, -0.25) is 0 Å². The summed E-state index contributed by atoms with van der Waals surface area (Å²) in [6.07, 6.45) is 3.03. The SMILES string of the molecule is Nc1nccn1Cc1cc(F)c(F)c(F)c1. The molecule has 6 heteroatoms. The van der Waals surface area contributed by atoms with Crippen LogP contribution in [0.3, 0.4) is 0 Å². The first-order chi connectivity index (χ1) is 7.58. The molecule has 0 amide bonds. The molecular formula is C10H8F3N3. The Bertz CT molecular complexity index is 499. The zero-order chi connectivity index (χ0) is 11.7. The molecule has 2 N–H and O–H groups in total. The van der Waals surface area contributed by atoms with Gasteiger partial charge in [-0.05, 0) is 17.7 Å². The number of aromatic nitrogens is 2. The predicted molar refractivity (Wildman–Crippen MR) is 52.1 cm³/mol. The molecule has 0 saturated heterocycles. The maximum absolute atomic E-state index is 12.9.